The van der Waals surface area contributed by atoms with E-state index in [2.05, 4.69) is 20.8 Å². The van der Waals surface area contributed by atoms with Crippen molar-refractivity contribution in [1.29, 1.82) is 0 Å². The lowest BCUT2D eigenvalue weighted by Gasteiger charge is -2.20. The highest BCUT2D eigenvalue weighted by molar-refractivity contribution is 5.95. The number of imidazole rings is 1. The van der Waals surface area contributed by atoms with Gasteiger partial charge >= 0.3 is 0 Å². The molecule has 154 valence electrons. The Bertz CT molecular complexity index is 1110. The fourth-order valence-electron chi connectivity index (χ4n) is 4.24. The lowest BCUT2D eigenvalue weighted by atomic mass is 10.1. The van der Waals surface area contributed by atoms with Gasteiger partial charge < -0.3 is 18.9 Å². The van der Waals surface area contributed by atoms with Gasteiger partial charge in [-0.2, -0.15) is 5.10 Å². The molecule has 2 aromatic heterocycles. The summed E-state index contributed by atoms with van der Waals surface area (Å²) < 4.78 is 15.0. The van der Waals surface area contributed by atoms with Crippen LogP contribution in [0.25, 0.3) is 11.3 Å². The summed E-state index contributed by atoms with van der Waals surface area (Å²) in [6.07, 6.45) is 9.32. The van der Waals surface area contributed by atoms with Crippen LogP contribution in [-0.2, 0) is 19.5 Å². The summed E-state index contributed by atoms with van der Waals surface area (Å²) in [5.41, 5.74) is 2.79. The first-order valence-electron chi connectivity index (χ1n) is 10.5. The van der Waals surface area contributed by atoms with E-state index >= 15 is 0 Å². The molecule has 1 amide bonds. The fraction of sp³-hybridized carbons (Fsp3) is 0.409. The SMILES string of the molecule is O=C(c1ccc2c(c1)OCO2)N1CCc2ncc(-c3cnn(CC4CC4)c3)n2CC1. The molecule has 2 aliphatic heterocycles. The Morgan fingerprint density at radius 1 is 1.10 bits per heavy atom. The number of nitrogens with zero attached hydrogens (tertiary/aromatic N) is 5. The van der Waals surface area contributed by atoms with Crippen molar-refractivity contribution in [3.63, 3.8) is 0 Å². The Hall–Kier alpha value is -3.29. The fourth-order valence-corrected chi connectivity index (χ4v) is 4.24. The highest BCUT2D eigenvalue weighted by Gasteiger charge is 2.25. The normalized spacial score (nSPS) is 17.7. The quantitative estimate of drug-likeness (QED) is 0.667. The third kappa shape index (κ3) is 3.12. The molecular weight excluding hydrogens is 382 g/mol. The van der Waals surface area contributed by atoms with E-state index in [1.807, 2.05) is 22.0 Å². The summed E-state index contributed by atoms with van der Waals surface area (Å²) in [7, 11) is 0. The van der Waals surface area contributed by atoms with Crippen molar-refractivity contribution >= 4 is 5.91 Å². The van der Waals surface area contributed by atoms with Gasteiger partial charge in [-0.05, 0) is 37.0 Å². The maximum absolute atomic E-state index is 13.1. The minimum atomic E-state index is 0.0119. The standard InChI is InChI=1S/C22H23N5O3/c28-22(16-3-4-19-20(9-16)30-14-29-19)25-6-5-21-23-11-18(27(21)8-7-25)17-10-24-26(13-17)12-15-1-2-15/h3-4,9-11,13,15H,1-2,5-8,12,14H2. The van der Waals surface area contributed by atoms with E-state index < -0.39 is 0 Å². The zero-order valence-corrected chi connectivity index (χ0v) is 16.7. The molecule has 1 fully saturated rings. The van der Waals surface area contributed by atoms with Crippen molar-refractivity contribution in [2.45, 2.75) is 32.4 Å². The van der Waals surface area contributed by atoms with Crippen LogP contribution >= 0.6 is 0 Å². The van der Waals surface area contributed by atoms with Crippen molar-refractivity contribution in [1.82, 2.24) is 24.2 Å². The van der Waals surface area contributed by atoms with Gasteiger partial charge in [0.25, 0.3) is 5.91 Å². The second-order valence-corrected chi connectivity index (χ2v) is 8.22. The molecule has 0 bridgehead atoms. The van der Waals surface area contributed by atoms with Crippen LogP contribution in [0.5, 0.6) is 11.5 Å². The molecule has 0 unspecified atom stereocenters. The number of rotatable bonds is 4. The van der Waals surface area contributed by atoms with Crippen molar-refractivity contribution < 1.29 is 14.3 Å². The van der Waals surface area contributed by atoms with Gasteiger partial charge in [-0.3, -0.25) is 9.48 Å². The topological polar surface area (TPSA) is 74.4 Å². The van der Waals surface area contributed by atoms with Crippen molar-refractivity contribution in [2.24, 2.45) is 5.92 Å². The Balaban J connectivity index is 1.20. The molecule has 1 aromatic carbocycles. The highest BCUT2D eigenvalue weighted by atomic mass is 16.7. The second kappa shape index (κ2) is 6.90. The van der Waals surface area contributed by atoms with Gasteiger partial charge in [0, 0.05) is 49.9 Å². The van der Waals surface area contributed by atoms with Crippen LogP contribution < -0.4 is 9.47 Å². The smallest absolute Gasteiger partial charge is 0.254 e. The molecule has 30 heavy (non-hydrogen) atoms. The number of hydrogen-bond donors (Lipinski definition) is 0. The highest BCUT2D eigenvalue weighted by Crippen LogP contribution is 2.33. The van der Waals surface area contributed by atoms with Crippen LogP contribution in [0.15, 0.2) is 36.8 Å². The molecule has 0 saturated heterocycles. The summed E-state index contributed by atoms with van der Waals surface area (Å²) >= 11 is 0. The molecule has 0 spiro atoms. The van der Waals surface area contributed by atoms with E-state index in [4.69, 9.17) is 9.47 Å². The third-order valence-corrected chi connectivity index (χ3v) is 6.11. The Labute approximate surface area is 174 Å². The molecule has 3 aromatic rings. The molecule has 0 radical (unpaired) electrons. The number of fused-ring (bicyclic) bond motifs is 2. The van der Waals surface area contributed by atoms with Crippen molar-refractivity contribution in [3.05, 3.63) is 48.2 Å². The molecular formula is C22H23N5O3. The number of aromatic nitrogens is 4. The molecule has 6 rings (SSSR count). The number of benzene rings is 1. The third-order valence-electron chi connectivity index (χ3n) is 6.11. The van der Waals surface area contributed by atoms with Crippen LogP contribution in [0.4, 0.5) is 0 Å². The summed E-state index contributed by atoms with van der Waals surface area (Å²) in [5.74, 6) is 3.14. The zero-order valence-electron chi connectivity index (χ0n) is 16.7. The van der Waals surface area contributed by atoms with E-state index in [1.165, 1.54) is 12.8 Å². The van der Waals surface area contributed by atoms with E-state index in [1.54, 1.807) is 18.2 Å². The Kier molecular flexibility index (Phi) is 4.04. The first kappa shape index (κ1) is 17.6. The summed E-state index contributed by atoms with van der Waals surface area (Å²) in [6, 6.07) is 5.38. The number of ether oxygens (including phenoxy) is 2. The predicted molar refractivity (Wildman–Crippen MR) is 108 cm³/mol. The van der Waals surface area contributed by atoms with Crippen LogP contribution in [0.3, 0.4) is 0 Å². The Morgan fingerprint density at radius 3 is 2.90 bits per heavy atom. The number of amides is 1. The first-order chi connectivity index (χ1) is 14.7. The lowest BCUT2D eigenvalue weighted by Crippen LogP contribution is -2.33. The number of carbonyl (C=O) groups excluding carboxylic acids is 1. The van der Waals surface area contributed by atoms with Gasteiger partial charge in [0.05, 0.1) is 18.1 Å². The second-order valence-electron chi connectivity index (χ2n) is 8.22. The molecule has 8 nitrogen and oxygen atoms in total. The van der Waals surface area contributed by atoms with Gasteiger partial charge in [0.1, 0.15) is 5.82 Å². The van der Waals surface area contributed by atoms with Crippen LogP contribution in [0.1, 0.15) is 29.0 Å². The minimum absolute atomic E-state index is 0.0119. The lowest BCUT2D eigenvalue weighted by molar-refractivity contribution is 0.0758. The van der Waals surface area contributed by atoms with E-state index in [0.29, 0.717) is 30.2 Å². The van der Waals surface area contributed by atoms with Gasteiger partial charge in [0.15, 0.2) is 11.5 Å². The number of carbonyl (C=O) groups is 1. The van der Waals surface area contributed by atoms with Crippen LogP contribution in [0.2, 0.25) is 0 Å². The van der Waals surface area contributed by atoms with E-state index in [0.717, 1.165) is 42.5 Å². The minimum Gasteiger partial charge on any atom is -0.454 e. The van der Waals surface area contributed by atoms with Crippen LogP contribution in [0, 0.1) is 5.92 Å². The maximum atomic E-state index is 13.1. The number of hydrogen-bond acceptors (Lipinski definition) is 5. The summed E-state index contributed by atoms with van der Waals surface area (Å²) in [4.78, 5) is 19.6. The average Bonchev–Trinajstić information content (AvgIpc) is 3.13. The van der Waals surface area contributed by atoms with Crippen molar-refractivity contribution in [3.8, 4) is 22.8 Å². The molecule has 1 saturated carbocycles. The summed E-state index contributed by atoms with van der Waals surface area (Å²) in [6.45, 7) is 3.20. The maximum Gasteiger partial charge on any atom is 0.254 e. The van der Waals surface area contributed by atoms with Gasteiger partial charge in [-0.1, -0.05) is 0 Å². The first-order valence-corrected chi connectivity index (χ1v) is 10.5. The molecule has 0 N–H and O–H groups in total. The molecule has 1 aliphatic carbocycles. The summed E-state index contributed by atoms with van der Waals surface area (Å²) in [5, 5.41) is 4.52. The van der Waals surface area contributed by atoms with Gasteiger partial charge in [0.2, 0.25) is 6.79 Å². The Morgan fingerprint density at radius 2 is 2.00 bits per heavy atom. The molecule has 4 heterocycles. The zero-order chi connectivity index (χ0) is 20.1. The van der Waals surface area contributed by atoms with Gasteiger partial charge in [-0.25, -0.2) is 4.98 Å². The van der Waals surface area contributed by atoms with E-state index in [-0.39, 0.29) is 12.7 Å². The predicted octanol–water partition coefficient (Wildman–Crippen LogP) is 2.58. The molecule has 0 atom stereocenters. The van der Waals surface area contributed by atoms with Crippen molar-refractivity contribution in [2.75, 3.05) is 19.9 Å². The molecule has 3 aliphatic rings. The monoisotopic (exact) mass is 405 g/mol. The average molecular weight is 405 g/mol. The van der Waals surface area contributed by atoms with Gasteiger partial charge in [-0.15, -0.1) is 0 Å². The molecule has 8 heteroatoms. The van der Waals surface area contributed by atoms with Crippen LogP contribution in [-0.4, -0.2) is 50.0 Å². The largest absolute Gasteiger partial charge is 0.454 e. The van der Waals surface area contributed by atoms with E-state index in [9.17, 15) is 4.79 Å².